The van der Waals surface area contributed by atoms with E-state index >= 15 is 0 Å². The van der Waals surface area contributed by atoms with Gasteiger partial charge in [-0.15, -0.1) is 11.8 Å². The number of aromatic nitrogens is 3. The van der Waals surface area contributed by atoms with Crippen LogP contribution in [0.15, 0.2) is 41.4 Å². The monoisotopic (exact) mass is 409 g/mol. The Bertz CT molecular complexity index is 917. The van der Waals surface area contributed by atoms with Gasteiger partial charge in [-0.2, -0.15) is 0 Å². The van der Waals surface area contributed by atoms with Crippen molar-refractivity contribution in [1.82, 2.24) is 15.0 Å². The maximum absolute atomic E-state index is 12.4. The third-order valence-corrected chi connectivity index (χ3v) is 4.78. The molecule has 0 spiro atoms. The number of carbonyl (C=O) groups excluding carboxylic acids is 1. The van der Waals surface area contributed by atoms with Crippen LogP contribution in [0.4, 0.5) is 5.82 Å². The van der Waals surface area contributed by atoms with Gasteiger partial charge >= 0.3 is 0 Å². The maximum Gasteiger partial charge on any atom is 0.180 e. The number of Topliss-reactive ketones (excluding diaryl/α,β-unsaturated/α-hetero) is 1. The highest BCUT2D eigenvalue weighted by Gasteiger charge is 2.11. The van der Waals surface area contributed by atoms with Gasteiger partial charge in [-0.25, -0.2) is 15.0 Å². The van der Waals surface area contributed by atoms with E-state index in [4.69, 9.17) is 0 Å². The number of anilines is 1. The van der Waals surface area contributed by atoms with Gasteiger partial charge in [-0.3, -0.25) is 4.79 Å². The first-order valence-corrected chi connectivity index (χ1v) is 10.3. The smallest absolute Gasteiger partial charge is 0.180 e. The molecule has 2 heterocycles. The van der Waals surface area contributed by atoms with E-state index in [-0.39, 0.29) is 21.6 Å². The number of ketones is 1. The lowest BCUT2D eigenvalue weighted by Gasteiger charge is -2.08. The summed E-state index contributed by atoms with van der Waals surface area (Å²) in [4.78, 5) is 26.9. The summed E-state index contributed by atoms with van der Waals surface area (Å²) in [6.45, 7) is 5.91. The summed E-state index contributed by atoms with van der Waals surface area (Å²) in [6.07, 6.45) is 4.49. The van der Waals surface area contributed by atoms with Crippen molar-refractivity contribution in [3.63, 3.8) is 0 Å². The highest BCUT2D eigenvalue weighted by molar-refractivity contribution is 7.98. The average molecular weight is 409 g/mol. The molecule has 5 nitrogen and oxygen atoms in total. The van der Waals surface area contributed by atoms with E-state index in [2.05, 4.69) is 20.3 Å². The van der Waals surface area contributed by atoms with Crippen molar-refractivity contribution in [1.29, 1.82) is 0 Å². The Kier molecular flexibility index (Phi) is 11.9. The van der Waals surface area contributed by atoms with Gasteiger partial charge in [0.05, 0.1) is 6.20 Å². The number of nitrogens with zero attached hydrogens (tertiary/aromatic N) is 3. The number of fused-ring (bicyclic) bond motifs is 1. The lowest BCUT2D eigenvalue weighted by Crippen LogP contribution is -2.09. The molecular formula is C22H30BN4OS. The van der Waals surface area contributed by atoms with Gasteiger partial charge < -0.3 is 5.32 Å². The van der Waals surface area contributed by atoms with Crippen molar-refractivity contribution >= 4 is 42.9 Å². The zero-order valence-electron chi connectivity index (χ0n) is 17.1. The number of benzene rings is 1. The van der Waals surface area contributed by atoms with Crippen molar-refractivity contribution in [2.24, 2.45) is 0 Å². The molecule has 0 aliphatic carbocycles. The highest BCUT2D eigenvalue weighted by atomic mass is 32.2. The fourth-order valence-electron chi connectivity index (χ4n) is 2.62. The van der Waals surface area contributed by atoms with Crippen LogP contribution >= 0.6 is 11.8 Å². The zero-order valence-corrected chi connectivity index (χ0v) is 17.9. The van der Waals surface area contributed by atoms with Gasteiger partial charge in [-0.05, 0) is 42.5 Å². The first-order chi connectivity index (χ1) is 13.1. The predicted molar refractivity (Wildman–Crippen MR) is 126 cm³/mol. The van der Waals surface area contributed by atoms with E-state index in [0.717, 1.165) is 16.8 Å². The third-order valence-electron chi connectivity index (χ3n) is 4.03. The Labute approximate surface area is 180 Å². The van der Waals surface area contributed by atoms with E-state index in [9.17, 15) is 4.79 Å². The quantitative estimate of drug-likeness (QED) is 0.469. The van der Waals surface area contributed by atoms with Crippen molar-refractivity contribution in [2.45, 2.75) is 45.9 Å². The van der Waals surface area contributed by atoms with Crippen LogP contribution in [0.25, 0.3) is 11.2 Å². The minimum absolute atomic E-state index is 0. The van der Waals surface area contributed by atoms with Crippen LogP contribution in [0.3, 0.4) is 0 Å². The second-order valence-corrected chi connectivity index (χ2v) is 6.70. The molecule has 0 fully saturated rings. The lowest BCUT2D eigenvalue weighted by molar-refractivity contribution is -0.117. The number of carbonyl (C=O) groups is 1. The van der Waals surface area contributed by atoms with Crippen LogP contribution in [-0.2, 0) is 17.6 Å². The number of rotatable bonds is 6. The van der Waals surface area contributed by atoms with E-state index in [1.54, 1.807) is 25.0 Å². The molecule has 29 heavy (non-hydrogen) atoms. The number of hydrogen-bond acceptors (Lipinski definition) is 6. The summed E-state index contributed by atoms with van der Waals surface area (Å²) in [5.74, 6) is 0.845. The van der Waals surface area contributed by atoms with Gasteiger partial charge in [-0.1, -0.05) is 33.4 Å². The summed E-state index contributed by atoms with van der Waals surface area (Å²) < 4.78 is 0. The molecule has 0 saturated carbocycles. The van der Waals surface area contributed by atoms with Gasteiger partial charge in [0.25, 0.3) is 0 Å². The summed E-state index contributed by atoms with van der Waals surface area (Å²) in [5, 5.41) is 2.95. The fourth-order valence-corrected chi connectivity index (χ4v) is 3.03. The maximum atomic E-state index is 12.4. The number of aryl methyl sites for hydroxylation is 1. The molecule has 153 valence electrons. The SMILES string of the molecule is C.CC.CNc1cnc2cc(CC(=O)Cc3ccc(SC)cc3)c(C)nc2n1.[B]. The molecule has 3 aromatic rings. The Morgan fingerprint density at radius 3 is 2.34 bits per heavy atom. The van der Waals surface area contributed by atoms with Crippen LogP contribution in [0.2, 0.25) is 0 Å². The second kappa shape index (κ2) is 12.9. The highest BCUT2D eigenvalue weighted by Crippen LogP contribution is 2.18. The van der Waals surface area contributed by atoms with Crippen LogP contribution in [0.1, 0.15) is 38.1 Å². The van der Waals surface area contributed by atoms with Gasteiger partial charge in [0.1, 0.15) is 17.1 Å². The molecule has 0 amide bonds. The summed E-state index contributed by atoms with van der Waals surface area (Å²) in [5.41, 5.74) is 4.06. The normalized spacial score (nSPS) is 9.55. The summed E-state index contributed by atoms with van der Waals surface area (Å²) in [6, 6.07) is 10.0. The summed E-state index contributed by atoms with van der Waals surface area (Å²) in [7, 11) is 1.79. The molecule has 0 bridgehead atoms. The number of hydrogen-bond donors (Lipinski definition) is 1. The van der Waals surface area contributed by atoms with Crippen molar-refractivity contribution < 1.29 is 4.79 Å². The largest absolute Gasteiger partial charge is 0.372 e. The third kappa shape index (κ3) is 7.17. The Balaban J connectivity index is 0.00000190. The Morgan fingerprint density at radius 2 is 1.76 bits per heavy atom. The van der Waals surface area contributed by atoms with E-state index < -0.39 is 0 Å². The Hall–Kier alpha value is -2.41. The predicted octanol–water partition coefficient (Wildman–Crippen LogP) is 4.73. The van der Waals surface area contributed by atoms with E-state index in [1.165, 1.54) is 4.90 Å². The standard InChI is InChI=1S/C19H20N4OS.C2H6.CH4.B/c1-12-14(10-17-19(22-12)23-18(20-2)11-21-17)9-15(24)8-13-4-6-16(25-3)7-5-13;1-2;;/h4-7,10-11H,8-9H2,1-3H3,(H,20,22,23);1-2H3;1H4;. The average Bonchev–Trinajstić information content (AvgIpc) is 2.70. The van der Waals surface area contributed by atoms with Gasteiger partial charge in [0.15, 0.2) is 5.65 Å². The van der Waals surface area contributed by atoms with Crippen LogP contribution in [-0.4, -0.2) is 42.5 Å². The second-order valence-electron chi connectivity index (χ2n) is 5.82. The molecule has 1 aromatic carbocycles. The van der Waals surface area contributed by atoms with Crippen molar-refractivity contribution in [3.05, 3.63) is 53.3 Å². The van der Waals surface area contributed by atoms with Crippen LogP contribution in [0, 0.1) is 6.92 Å². The zero-order chi connectivity index (χ0) is 19.8. The van der Waals surface area contributed by atoms with Crippen molar-refractivity contribution in [3.8, 4) is 0 Å². The van der Waals surface area contributed by atoms with E-state index in [0.29, 0.717) is 29.8 Å². The molecule has 0 unspecified atom stereocenters. The molecule has 7 heteroatoms. The molecule has 0 aliphatic rings. The number of pyridine rings is 1. The first-order valence-electron chi connectivity index (χ1n) is 9.04. The van der Waals surface area contributed by atoms with E-state index in [1.807, 2.05) is 57.4 Å². The number of thioether (sulfide) groups is 1. The summed E-state index contributed by atoms with van der Waals surface area (Å²) >= 11 is 1.69. The van der Waals surface area contributed by atoms with Gasteiger partial charge in [0, 0.05) is 38.9 Å². The fraction of sp³-hybridized carbons (Fsp3) is 0.364. The molecule has 3 radical (unpaired) electrons. The minimum Gasteiger partial charge on any atom is -0.372 e. The van der Waals surface area contributed by atoms with Crippen molar-refractivity contribution in [2.75, 3.05) is 18.6 Å². The lowest BCUT2D eigenvalue weighted by atomic mass is 10.0. The minimum atomic E-state index is 0. The topological polar surface area (TPSA) is 67.8 Å². The molecule has 0 saturated heterocycles. The Morgan fingerprint density at radius 1 is 1.10 bits per heavy atom. The first kappa shape index (κ1) is 26.6. The molecule has 2 aromatic heterocycles. The molecule has 3 rings (SSSR count). The van der Waals surface area contributed by atoms with Crippen LogP contribution in [0.5, 0.6) is 0 Å². The molecule has 0 aliphatic heterocycles. The number of nitrogens with one attached hydrogen (secondary N) is 1. The molecule has 0 atom stereocenters. The molecular weight excluding hydrogens is 379 g/mol. The van der Waals surface area contributed by atoms with Crippen LogP contribution < -0.4 is 5.32 Å². The van der Waals surface area contributed by atoms with Gasteiger partial charge in [0.2, 0.25) is 0 Å². The molecule has 1 N–H and O–H groups in total.